The molecule has 0 radical (unpaired) electrons. The third-order valence-corrected chi connectivity index (χ3v) is 3.46. The van der Waals surface area contributed by atoms with Gasteiger partial charge in [0.15, 0.2) is 17.3 Å². The number of rotatable bonds is 5. The number of ether oxygens (including phenoxy) is 2. The van der Waals surface area contributed by atoms with Crippen molar-refractivity contribution < 1.29 is 14.3 Å². The Labute approximate surface area is 109 Å². The average molecular weight is 299 g/mol. The molecule has 1 saturated carbocycles. The Morgan fingerprint density at radius 3 is 2.71 bits per heavy atom. The van der Waals surface area contributed by atoms with E-state index in [4.69, 9.17) is 9.47 Å². The fraction of sp³-hybridized carbons (Fsp3) is 0.462. The molecule has 0 amide bonds. The third kappa shape index (κ3) is 2.80. The van der Waals surface area contributed by atoms with Crippen LogP contribution in [0.2, 0.25) is 0 Å². The van der Waals surface area contributed by atoms with Gasteiger partial charge in [0.05, 0.1) is 19.3 Å². The highest BCUT2D eigenvalue weighted by molar-refractivity contribution is 9.10. The standard InChI is InChI=1S/C13H15BrO3/c1-8(15)12-10(14)5-6-11(16-2)13(12)17-7-9-3-4-9/h5-6,9H,3-4,7H2,1-2H3. The molecule has 0 spiro atoms. The van der Waals surface area contributed by atoms with Gasteiger partial charge in [0.2, 0.25) is 0 Å². The highest BCUT2D eigenvalue weighted by atomic mass is 79.9. The summed E-state index contributed by atoms with van der Waals surface area (Å²) in [6, 6.07) is 3.61. The molecule has 0 N–H and O–H groups in total. The van der Waals surface area contributed by atoms with Crippen LogP contribution in [0.3, 0.4) is 0 Å². The summed E-state index contributed by atoms with van der Waals surface area (Å²) < 4.78 is 11.7. The summed E-state index contributed by atoms with van der Waals surface area (Å²) in [7, 11) is 1.58. The molecule has 1 aliphatic rings. The molecule has 92 valence electrons. The van der Waals surface area contributed by atoms with Crippen molar-refractivity contribution >= 4 is 21.7 Å². The van der Waals surface area contributed by atoms with Gasteiger partial charge in [0.1, 0.15) is 0 Å². The normalized spacial score (nSPS) is 14.5. The maximum absolute atomic E-state index is 11.6. The number of ketones is 1. The van der Waals surface area contributed by atoms with Crippen LogP contribution in [0, 0.1) is 5.92 Å². The van der Waals surface area contributed by atoms with E-state index in [-0.39, 0.29) is 5.78 Å². The van der Waals surface area contributed by atoms with Crippen LogP contribution in [0.25, 0.3) is 0 Å². The first-order valence-electron chi connectivity index (χ1n) is 5.63. The SMILES string of the molecule is COc1ccc(Br)c(C(C)=O)c1OCC1CC1. The number of Topliss-reactive ketones (excluding diaryl/α,β-unsaturated/α-hetero) is 1. The third-order valence-electron chi connectivity index (χ3n) is 2.80. The highest BCUT2D eigenvalue weighted by Crippen LogP contribution is 2.38. The van der Waals surface area contributed by atoms with Gasteiger partial charge in [-0.05, 0) is 53.7 Å². The van der Waals surface area contributed by atoms with E-state index in [1.165, 1.54) is 19.8 Å². The second kappa shape index (κ2) is 5.08. The van der Waals surface area contributed by atoms with E-state index in [2.05, 4.69) is 15.9 Å². The summed E-state index contributed by atoms with van der Waals surface area (Å²) in [5, 5.41) is 0. The van der Waals surface area contributed by atoms with Crippen molar-refractivity contribution in [1.29, 1.82) is 0 Å². The fourth-order valence-electron chi connectivity index (χ4n) is 1.66. The highest BCUT2D eigenvalue weighted by Gasteiger charge is 2.24. The molecular weight excluding hydrogens is 284 g/mol. The van der Waals surface area contributed by atoms with Crippen LogP contribution in [-0.2, 0) is 0 Å². The Morgan fingerprint density at radius 2 is 2.18 bits per heavy atom. The molecule has 0 saturated heterocycles. The lowest BCUT2D eigenvalue weighted by Gasteiger charge is -2.14. The van der Waals surface area contributed by atoms with Gasteiger partial charge in [-0.3, -0.25) is 4.79 Å². The van der Waals surface area contributed by atoms with Crippen molar-refractivity contribution in [1.82, 2.24) is 0 Å². The quantitative estimate of drug-likeness (QED) is 0.781. The first kappa shape index (κ1) is 12.4. The topological polar surface area (TPSA) is 35.5 Å². The maximum atomic E-state index is 11.6. The zero-order chi connectivity index (χ0) is 12.4. The number of benzene rings is 1. The molecular formula is C13H15BrO3. The monoisotopic (exact) mass is 298 g/mol. The molecule has 0 aliphatic heterocycles. The Kier molecular flexibility index (Phi) is 3.72. The second-order valence-corrected chi connectivity index (χ2v) is 5.12. The molecule has 4 heteroatoms. The van der Waals surface area contributed by atoms with Gasteiger partial charge in [-0.1, -0.05) is 0 Å². The molecule has 0 unspecified atom stereocenters. The predicted molar refractivity (Wildman–Crippen MR) is 68.9 cm³/mol. The van der Waals surface area contributed by atoms with Crippen LogP contribution in [0.1, 0.15) is 30.1 Å². The van der Waals surface area contributed by atoms with Crippen LogP contribution < -0.4 is 9.47 Å². The minimum atomic E-state index is -0.0263. The van der Waals surface area contributed by atoms with E-state index in [0.717, 1.165) is 4.47 Å². The van der Waals surface area contributed by atoms with Gasteiger partial charge in [-0.15, -0.1) is 0 Å². The lowest BCUT2D eigenvalue weighted by Crippen LogP contribution is -2.06. The smallest absolute Gasteiger partial charge is 0.173 e. The summed E-state index contributed by atoms with van der Waals surface area (Å²) in [5.74, 6) is 1.78. The van der Waals surface area contributed by atoms with Crippen molar-refractivity contribution in [2.45, 2.75) is 19.8 Å². The number of carbonyl (C=O) groups is 1. The average Bonchev–Trinajstić information content (AvgIpc) is 3.09. The Hall–Kier alpha value is -1.03. The first-order chi connectivity index (χ1) is 8.13. The van der Waals surface area contributed by atoms with Gasteiger partial charge >= 0.3 is 0 Å². The van der Waals surface area contributed by atoms with E-state index in [1.807, 2.05) is 0 Å². The molecule has 2 rings (SSSR count). The summed E-state index contributed by atoms with van der Waals surface area (Å²) in [6.07, 6.45) is 2.43. The number of hydrogen-bond acceptors (Lipinski definition) is 3. The Balaban J connectivity index is 2.34. The zero-order valence-electron chi connectivity index (χ0n) is 9.96. The number of hydrogen-bond donors (Lipinski definition) is 0. The van der Waals surface area contributed by atoms with Crippen molar-refractivity contribution in [3.05, 3.63) is 22.2 Å². The molecule has 0 bridgehead atoms. The zero-order valence-corrected chi connectivity index (χ0v) is 11.5. The summed E-state index contributed by atoms with van der Waals surface area (Å²) in [6.45, 7) is 2.19. The van der Waals surface area contributed by atoms with E-state index in [9.17, 15) is 4.79 Å². The Bertz CT molecular complexity index is 439. The van der Waals surface area contributed by atoms with Crippen LogP contribution in [-0.4, -0.2) is 19.5 Å². The maximum Gasteiger partial charge on any atom is 0.173 e. The van der Waals surface area contributed by atoms with Crippen molar-refractivity contribution in [2.75, 3.05) is 13.7 Å². The number of halogens is 1. The number of carbonyl (C=O) groups excluding carboxylic acids is 1. The lowest BCUT2D eigenvalue weighted by atomic mass is 10.1. The summed E-state index contributed by atoms with van der Waals surface area (Å²) in [4.78, 5) is 11.6. The molecule has 1 aromatic rings. The van der Waals surface area contributed by atoms with E-state index < -0.39 is 0 Å². The summed E-state index contributed by atoms with van der Waals surface area (Å²) in [5.41, 5.74) is 0.560. The Morgan fingerprint density at radius 1 is 1.47 bits per heavy atom. The van der Waals surface area contributed by atoms with Gasteiger partial charge in [-0.25, -0.2) is 0 Å². The van der Waals surface area contributed by atoms with E-state index in [1.54, 1.807) is 19.2 Å². The second-order valence-electron chi connectivity index (χ2n) is 4.26. The summed E-state index contributed by atoms with van der Waals surface area (Å²) >= 11 is 3.38. The minimum Gasteiger partial charge on any atom is -0.493 e. The van der Waals surface area contributed by atoms with Gasteiger partial charge in [-0.2, -0.15) is 0 Å². The lowest BCUT2D eigenvalue weighted by molar-refractivity contribution is 0.101. The molecule has 0 heterocycles. The van der Waals surface area contributed by atoms with Crippen molar-refractivity contribution in [2.24, 2.45) is 5.92 Å². The van der Waals surface area contributed by atoms with Crippen molar-refractivity contribution in [3.63, 3.8) is 0 Å². The van der Waals surface area contributed by atoms with Gasteiger partial charge in [0.25, 0.3) is 0 Å². The molecule has 0 aromatic heterocycles. The fourth-order valence-corrected chi connectivity index (χ4v) is 2.25. The molecule has 1 aromatic carbocycles. The van der Waals surface area contributed by atoms with E-state index >= 15 is 0 Å². The largest absolute Gasteiger partial charge is 0.493 e. The first-order valence-corrected chi connectivity index (χ1v) is 6.43. The van der Waals surface area contributed by atoms with Crippen LogP contribution in [0.5, 0.6) is 11.5 Å². The van der Waals surface area contributed by atoms with Crippen molar-refractivity contribution in [3.8, 4) is 11.5 Å². The van der Waals surface area contributed by atoms with Gasteiger partial charge in [0, 0.05) is 4.47 Å². The van der Waals surface area contributed by atoms with Gasteiger partial charge < -0.3 is 9.47 Å². The number of methoxy groups -OCH3 is 1. The molecule has 0 atom stereocenters. The molecule has 17 heavy (non-hydrogen) atoms. The van der Waals surface area contributed by atoms with Crippen LogP contribution in [0.4, 0.5) is 0 Å². The predicted octanol–water partition coefficient (Wildman–Crippen LogP) is 3.45. The van der Waals surface area contributed by atoms with Crippen LogP contribution in [0.15, 0.2) is 16.6 Å². The molecule has 1 fully saturated rings. The van der Waals surface area contributed by atoms with E-state index in [0.29, 0.717) is 29.6 Å². The molecule has 3 nitrogen and oxygen atoms in total. The molecule has 1 aliphatic carbocycles. The minimum absolute atomic E-state index is 0.0263. The van der Waals surface area contributed by atoms with Crippen LogP contribution >= 0.6 is 15.9 Å².